The molecule has 190 valence electrons. The number of hydrogen-bond donors (Lipinski definition) is 1. The zero-order chi connectivity index (χ0) is 25.9. The Morgan fingerprint density at radius 2 is 1.94 bits per heavy atom. The summed E-state index contributed by atoms with van der Waals surface area (Å²) < 4.78 is 28.4. The minimum absolute atomic E-state index is 0.0315. The van der Waals surface area contributed by atoms with Crippen LogP contribution in [0.1, 0.15) is 17.7 Å². The molecule has 0 bridgehead atoms. The molecule has 3 amide bonds. The Hall–Kier alpha value is -2.31. The van der Waals surface area contributed by atoms with E-state index in [1.54, 1.807) is 18.2 Å². The van der Waals surface area contributed by atoms with Crippen molar-refractivity contribution in [3.8, 4) is 10.6 Å². The van der Waals surface area contributed by atoms with Gasteiger partial charge in [0.2, 0.25) is 15.9 Å². The Balaban J connectivity index is 1.34. The number of carbonyl (C=O) groups excluding carboxylic acids is 2. The van der Waals surface area contributed by atoms with Gasteiger partial charge in [-0.3, -0.25) is 9.69 Å². The first kappa shape index (κ1) is 26.7. The van der Waals surface area contributed by atoms with E-state index in [0.717, 1.165) is 21.8 Å². The van der Waals surface area contributed by atoms with Crippen LogP contribution in [0.4, 0.5) is 4.79 Å². The van der Waals surface area contributed by atoms with E-state index < -0.39 is 16.1 Å². The normalized spacial score (nSPS) is 14.5. The van der Waals surface area contributed by atoms with E-state index in [-0.39, 0.29) is 43.4 Å². The summed E-state index contributed by atoms with van der Waals surface area (Å²) in [5, 5.41) is 3.29. The zero-order valence-electron chi connectivity index (χ0n) is 19.4. The quantitative estimate of drug-likeness (QED) is 0.378. The highest BCUT2D eigenvalue weighted by atomic mass is 79.9. The lowest BCUT2D eigenvalue weighted by Crippen LogP contribution is -2.54. The van der Waals surface area contributed by atoms with Crippen molar-refractivity contribution in [3.05, 3.63) is 68.6 Å². The van der Waals surface area contributed by atoms with E-state index in [1.165, 1.54) is 21.1 Å². The van der Waals surface area contributed by atoms with E-state index in [4.69, 9.17) is 11.6 Å². The predicted octanol–water partition coefficient (Wildman–Crippen LogP) is 4.71. The monoisotopic (exact) mass is 610 g/mol. The fraction of sp³-hybridized carbons (Fsp3) is 0.292. The standard InChI is InChI=1S/C24H24BrClN4O4S2/c1-16-6-7-19(25)21(14-16)36(33,34)27-10-13-29-11-9-22(31)30(24(29)32)12-8-17-15-35-23(28-17)18-4-2-3-5-20(18)26/h2-7,14-15,27H,8-13H2,1H3. The maximum Gasteiger partial charge on any atom is 0.326 e. The first-order valence-electron chi connectivity index (χ1n) is 11.2. The van der Waals surface area contributed by atoms with Gasteiger partial charge < -0.3 is 4.90 Å². The molecule has 1 fully saturated rings. The first-order valence-corrected chi connectivity index (χ1v) is 14.7. The minimum Gasteiger partial charge on any atom is -0.322 e. The van der Waals surface area contributed by atoms with Crippen molar-refractivity contribution in [1.82, 2.24) is 19.5 Å². The second-order valence-corrected chi connectivity index (χ2v) is 12.1. The number of benzene rings is 2. The van der Waals surface area contributed by atoms with Crippen molar-refractivity contribution in [2.24, 2.45) is 0 Å². The number of imide groups is 1. The number of aryl methyl sites for hydroxylation is 1. The number of hydrogen-bond acceptors (Lipinski definition) is 6. The van der Waals surface area contributed by atoms with E-state index in [9.17, 15) is 18.0 Å². The van der Waals surface area contributed by atoms with Gasteiger partial charge in [-0.15, -0.1) is 11.3 Å². The van der Waals surface area contributed by atoms with Gasteiger partial charge in [-0.25, -0.2) is 22.9 Å². The molecule has 8 nitrogen and oxygen atoms in total. The minimum atomic E-state index is -3.76. The van der Waals surface area contributed by atoms with Gasteiger partial charge in [-0.05, 0) is 46.6 Å². The molecule has 0 aliphatic carbocycles. The maximum atomic E-state index is 13.0. The molecule has 1 saturated heterocycles. The van der Waals surface area contributed by atoms with Crippen molar-refractivity contribution >= 4 is 60.8 Å². The van der Waals surface area contributed by atoms with Crippen LogP contribution < -0.4 is 4.72 Å². The molecule has 0 unspecified atom stereocenters. The van der Waals surface area contributed by atoms with Crippen LogP contribution in [0.3, 0.4) is 0 Å². The second-order valence-electron chi connectivity index (χ2n) is 8.27. The Morgan fingerprint density at radius 3 is 2.72 bits per heavy atom. The van der Waals surface area contributed by atoms with Crippen molar-refractivity contribution in [3.63, 3.8) is 0 Å². The number of nitrogens with one attached hydrogen (secondary N) is 1. The third-order valence-electron chi connectivity index (χ3n) is 5.70. The van der Waals surface area contributed by atoms with Crippen molar-refractivity contribution in [2.45, 2.75) is 24.7 Å². The van der Waals surface area contributed by atoms with Crippen LogP contribution in [0.5, 0.6) is 0 Å². The van der Waals surface area contributed by atoms with Crippen LogP contribution in [0.25, 0.3) is 10.6 Å². The van der Waals surface area contributed by atoms with Crippen LogP contribution >= 0.6 is 38.9 Å². The van der Waals surface area contributed by atoms with Crippen LogP contribution in [-0.4, -0.2) is 61.3 Å². The first-order chi connectivity index (χ1) is 17.2. The molecule has 0 radical (unpaired) electrons. The fourth-order valence-electron chi connectivity index (χ4n) is 3.78. The molecule has 1 aliphatic rings. The van der Waals surface area contributed by atoms with E-state index in [2.05, 4.69) is 25.6 Å². The third kappa shape index (κ3) is 6.15. The van der Waals surface area contributed by atoms with Crippen LogP contribution in [0.2, 0.25) is 5.02 Å². The molecule has 1 N–H and O–H groups in total. The molecule has 1 aromatic heterocycles. The summed E-state index contributed by atoms with van der Waals surface area (Å²) in [4.78, 5) is 32.9. The molecule has 1 aliphatic heterocycles. The SMILES string of the molecule is Cc1ccc(Br)c(S(=O)(=O)NCCN2CCC(=O)N(CCc3csc(-c4ccccc4Cl)n3)C2=O)c1. The van der Waals surface area contributed by atoms with Gasteiger partial charge in [0, 0.05) is 54.4 Å². The van der Waals surface area contributed by atoms with E-state index in [1.807, 2.05) is 36.6 Å². The Bertz CT molecular complexity index is 1400. The van der Waals surface area contributed by atoms with Gasteiger partial charge in [0.15, 0.2) is 0 Å². The van der Waals surface area contributed by atoms with E-state index in [0.29, 0.717) is 15.9 Å². The number of rotatable bonds is 9. The van der Waals surface area contributed by atoms with Crippen LogP contribution in [0.15, 0.2) is 57.2 Å². The summed E-state index contributed by atoms with van der Waals surface area (Å²) in [5.74, 6) is -0.248. The summed E-state index contributed by atoms with van der Waals surface area (Å²) in [7, 11) is -3.76. The molecule has 12 heteroatoms. The summed E-state index contributed by atoms with van der Waals surface area (Å²) >= 11 is 11.0. The summed E-state index contributed by atoms with van der Waals surface area (Å²) in [6.07, 6.45) is 0.601. The molecule has 2 heterocycles. The number of urea groups is 1. The molecule has 0 saturated carbocycles. The van der Waals surface area contributed by atoms with Crippen LogP contribution in [0, 0.1) is 6.92 Å². The van der Waals surface area contributed by atoms with Gasteiger partial charge >= 0.3 is 6.03 Å². The Labute approximate surface area is 227 Å². The van der Waals surface area contributed by atoms with Crippen LogP contribution in [-0.2, 0) is 21.2 Å². The number of thiazole rings is 1. The average Bonchev–Trinajstić information content (AvgIpc) is 3.31. The number of nitrogens with zero attached hydrogens (tertiary/aromatic N) is 3. The highest BCUT2D eigenvalue weighted by Gasteiger charge is 2.32. The van der Waals surface area contributed by atoms with Gasteiger partial charge in [0.25, 0.3) is 0 Å². The number of sulfonamides is 1. The van der Waals surface area contributed by atoms with Gasteiger partial charge in [0.1, 0.15) is 5.01 Å². The van der Waals surface area contributed by atoms with Crippen molar-refractivity contribution in [2.75, 3.05) is 26.2 Å². The van der Waals surface area contributed by atoms with Crippen molar-refractivity contribution in [1.29, 1.82) is 0 Å². The van der Waals surface area contributed by atoms with E-state index >= 15 is 0 Å². The summed E-state index contributed by atoms with van der Waals surface area (Å²) in [6, 6.07) is 12.1. The lowest BCUT2D eigenvalue weighted by Gasteiger charge is -2.34. The number of halogens is 2. The largest absolute Gasteiger partial charge is 0.326 e. The molecule has 0 atom stereocenters. The van der Waals surface area contributed by atoms with Crippen molar-refractivity contribution < 1.29 is 18.0 Å². The lowest BCUT2D eigenvalue weighted by molar-refractivity contribution is -0.130. The third-order valence-corrected chi connectivity index (χ3v) is 9.40. The molecular weight excluding hydrogens is 588 g/mol. The second kappa shape index (κ2) is 11.4. The average molecular weight is 612 g/mol. The Kier molecular flexibility index (Phi) is 8.46. The maximum absolute atomic E-state index is 13.0. The molecule has 2 aromatic carbocycles. The highest BCUT2D eigenvalue weighted by molar-refractivity contribution is 9.10. The highest BCUT2D eigenvalue weighted by Crippen LogP contribution is 2.30. The Morgan fingerprint density at radius 1 is 1.17 bits per heavy atom. The molecular formula is C24H24BrClN4O4S2. The summed E-state index contributed by atoms with van der Waals surface area (Å²) in [6.45, 7) is 2.44. The molecule has 4 rings (SSSR count). The smallest absolute Gasteiger partial charge is 0.322 e. The topological polar surface area (TPSA) is 99.7 Å². The molecule has 3 aromatic rings. The summed E-state index contributed by atoms with van der Waals surface area (Å²) in [5.41, 5.74) is 2.43. The molecule has 0 spiro atoms. The fourth-order valence-corrected chi connectivity index (χ4v) is 7.02. The van der Waals surface area contributed by atoms with Gasteiger partial charge in [-0.2, -0.15) is 0 Å². The number of amides is 3. The van der Waals surface area contributed by atoms with Gasteiger partial charge in [0.05, 0.1) is 15.6 Å². The number of aromatic nitrogens is 1. The zero-order valence-corrected chi connectivity index (χ0v) is 23.4. The molecule has 36 heavy (non-hydrogen) atoms. The van der Waals surface area contributed by atoms with Gasteiger partial charge in [-0.1, -0.05) is 35.9 Å². The predicted molar refractivity (Wildman–Crippen MR) is 144 cm³/mol. The number of carbonyl (C=O) groups is 2. The lowest BCUT2D eigenvalue weighted by atomic mass is 10.2.